The van der Waals surface area contributed by atoms with Gasteiger partial charge in [-0.2, -0.15) is 0 Å². The van der Waals surface area contributed by atoms with Gasteiger partial charge < -0.3 is 4.74 Å². The zero-order valence-electron chi connectivity index (χ0n) is 9.93. The van der Waals surface area contributed by atoms with E-state index in [-0.39, 0.29) is 12.2 Å². The molecule has 0 unspecified atom stereocenters. The average molecular weight is 237 g/mol. The molecule has 92 valence electrons. The summed E-state index contributed by atoms with van der Waals surface area (Å²) in [7, 11) is 1.51. The fourth-order valence-corrected chi connectivity index (χ4v) is 1.40. The van der Waals surface area contributed by atoms with Gasteiger partial charge in [-0.3, -0.25) is 14.4 Å². The molecule has 0 atom stereocenters. The number of carbonyl (C=O) groups excluding carboxylic acids is 2. The summed E-state index contributed by atoms with van der Waals surface area (Å²) in [5.74, 6) is -0.965. The molecule has 0 radical (unpaired) electrons. The van der Waals surface area contributed by atoms with Crippen LogP contribution in [-0.2, 0) is 19.2 Å². The van der Waals surface area contributed by atoms with E-state index in [0.717, 1.165) is 5.06 Å². The molecule has 0 aromatic heterocycles. The minimum atomic E-state index is -0.491. The lowest BCUT2D eigenvalue weighted by atomic mass is 10.1. The molecule has 0 aliphatic carbocycles. The zero-order chi connectivity index (χ0) is 12.8. The molecular weight excluding hydrogens is 222 g/mol. The Bertz CT molecular complexity index is 395. The van der Waals surface area contributed by atoms with Gasteiger partial charge in [0.15, 0.2) is 0 Å². The van der Waals surface area contributed by atoms with Crippen molar-refractivity contribution in [2.24, 2.45) is 0 Å². The van der Waals surface area contributed by atoms with E-state index in [1.165, 1.54) is 13.2 Å². The normalized spacial score (nSPS) is 16.5. The van der Waals surface area contributed by atoms with Crippen LogP contribution in [0.1, 0.15) is 6.92 Å². The maximum Gasteiger partial charge on any atom is 0.285 e. The Labute approximate surface area is 99.9 Å². The number of imide groups is 1. The third kappa shape index (κ3) is 2.69. The molecule has 0 N–H and O–H groups in total. The van der Waals surface area contributed by atoms with Crippen molar-refractivity contribution in [2.75, 3.05) is 20.3 Å². The quantitative estimate of drug-likeness (QED) is 0.510. The molecule has 5 nitrogen and oxygen atoms in total. The van der Waals surface area contributed by atoms with Gasteiger partial charge in [-0.05, 0) is 6.92 Å². The minimum Gasteiger partial charge on any atom is -0.382 e. The fourth-order valence-electron chi connectivity index (χ4n) is 1.40. The van der Waals surface area contributed by atoms with Crippen LogP contribution in [0.2, 0.25) is 0 Å². The first kappa shape index (κ1) is 13.3. The van der Waals surface area contributed by atoms with Gasteiger partial charge in [0.2, 0.25) is 0 Å². The summed E-state index contributed by atoms with van der Waals surface area (Å²) in [6.45, 7) is 5.73. The van der Waals surface area contributed by atoms with Crippen LogP contribution in [0.25, 0.3) is 0 Å². The highest BCUT2D eigenvalue weighted by Crippen LogP contribution is 2.22. The number of amides is 2. The van der Waals surface area contributed by atoms with Crippen molar-refractivity contribution < 1.29 is 19.2 Å². The van der Waals surface area contributed by atoms with Gasteiger partial charge in [-0.25, -0.2) is 0 Å². The van der Waals surface area contributed by atoms with Crippen LogP contribution in [-0.4, -0.2) is 37.2 Å². The van der Waals surface area contributed by atoms with Crippen LogP contribution >= 0.6 is 0 Å². The van der Waals surface area contributed by atoms with Crippen molar-refractivity contribution in [3.63, 3.8) is 0 Å². The molecule has 5 heteroatoms. The van der Waals surface area contributed by atoms with Gasteiger partial charge in [-0.15, -0.1) is 5.06 Å². The predicted molar refractivity (Wildman–Crippen MR) is 61.7 cm³/mol. The van der Waals surface area contributed by atoms with Crippen LogP contribution in [0.5, 0.6) is 0 Å². The Balaban J connectivity index is 2.85. The van der Waals surface area contributed by atoms with Crippen LogP contribution in [0.15, 0.2) is 36.0 Å². The number of hydrogen-bond acceptors (Lipinski definition) is 4. The second kappa shape index (κ2) is 6.12. The van der Waals surface area contributed by atoms with Crippen molar-refractivity contribution in [2.45, 2.75) is 6.92 Å². The first-order chi connectivity index (χ1) is 8.17. The fraction of sp³-hybridized carbons (Fsp3) is 0.333. The Morgan fingerprint density at radius 3 is 2.41 bits per heavy atom. The van der Waals surface area contributed by atoms with E-state index in [4.69, 9.17) is 9.57 Å². The van der Waals surface area contributed by atoms with Crippen LogP contribution in [0.4, 0.5) is 0 Å². The molecule has 0 fully saturated rings. The monoisotopic (exact) mass is 237 g/mol. The second-order valence-electron chi connectivity index (χ2n) is 3.26. The lowest BCUT2D eigenvalue weighted by Crippen LogP contribution is -2.32. The first-order valence-corrected chi connectivity index (χ1v) is 5.17. The van der Waals surface area contributed by atoms with Gasteiger partial charge in [0.1, 0.15) is 0 Å². The lowest BCUT2D eigenvalue weighted by molar-refractivity contribution is -0.188. The number of carbonyl (C=O) groups is 2. The highest BCUT2D eigenvalue weighted by Gasteiger charge is 2.36. The van der Waals surface area contributed by atoms with Gasteiger partial charge in [0.25, 0.3) is 11.8 Å². The SMILES string of the molecule is C=CC1=C(/C=C\C)C(=O)N(OCCOC)C1=O. The van der Waals surface area contributed by atoms with Crippen LogP contribution in [0.3, 0.4) is 0 Å². The Morgan fingerprint density at radius 1 is 1.24 bits per heavy atom. The average Bonchev–Trinajstić information content (AvgIpc) is 2.54. The smallest absolute Gasteiger partial charge is 0.285 e. The molecule has 0 bridgehead atoms. The Hall–Kier alpha value is -1.72. The minimum absolute atomic E-state index is 0.140. The lowest BCUT2D eigenvalue weighted by Gasteiger charge is -2.13. The number of ether oxygens (including phenoxy) is 1. The van der Waals surface area contributed by atoms with E-state index in [0.29, 0.717) is 12.2 Å². The number of nitrogens with zero attached hydrogens (tertiary/aromatic N) is 1. The summed E-state index contributed by atoms with van der Waals surface area (Å²) >= 11 is 0. The maximum absolute atomic E-state index is 11.9. The van der Waals surface area contributed by atoms with Gasteiger partial charge in [0, 0.05) is 7.11 Å². The zero-order valence-corrected chi connectivity index (χ0v) is 9.93. The topological polar surface area (TPSA) is 55.8 Å². The van der Waals surface area contributed by atoms with Crippen LogP contribution < -0.4 is 0 Å². The van der Waals surface area contributed by atoms with Crippen molar-refractivity contribution in [1.29, 1.82) is 0 Å². The highest BCUT2D eigenvalue weighted by atomic mass is 16.7. The summed E-state index contributed by atoms with van der Waals surface area (Å²) in [5, 5.41) is 0.741. The molecule has 1 heterocycles. The number of allylic oxidation sites excluding steroid dienone is 1. The standard InChI is InChI=1S/C12H15NO4/c1-4-6-10-9(5-2)11(14)13(12(10)15)17-8-7-16-3/h4-6H,2,7-8H2,1,3H3/b6-4-. The second-order valence-corrected chi connectivity index (χ2v) is 3.26. The predicted octanol–water partition coefficient (Wildman–Crippen LogP) is 0.992. The summed E-state index contributed by atoms with van der Waals surface area (Å²) in [6, 6.07) is 0. The van der Waals surface area contributed by atoms with Gasteiger partial charge in [-0.1, -0.05) is 24.8 Å². The van der Waals surface area contributed by atoms with E-state index in [1.54, 1.807) is 19.1 Å². The Morgan fingerprint density at radius 2 is 1.88 bits per heavy atom. The first-order valence-electron chi connectivity index (χ1n) is 5.17. The van der Waals surface area contributed by atoms with Crippen molar-refractivity contribution >= 4 is 11.8 Å². The molecular formula is C12H15NO4. The molecule has 1 rings (SSSR count). The third-order valence-electron chi connectivity index (χ3n) is 2.17. The number of rotatable bonds is 6. The van der Waals surface area contributed by atoms with Crippen molar-refractivity contribution in [1.82, 2.24) is 5.06 Å². The number of hydroxylamine groups is 2. The number of methoxy groups -OCH3 is 1. The third-order valence-corrected chi connectivity index (χ3v) is 2.17. The van der Waals surface area contributed by atoms with E-state index < -0.39 is 11.8 Å². The molecule has 1 aliphatic heterocycles. The van der Waals surface area contributed by atoms with E-state index in [1.807, 2.05) is 0 Å². The Kier molecular flexibility index (Phi) is 4.81. The van der Waals surface area contributed by atoms with Gasteiger partial charge >= 0.3 is 0 Å². The summed E-state index contributed by atoms with van der Waals surface area (Å²) in [6.07, 6.45) is 4.61. The summed E-state index contributed by atoms with van der Waals surface area (Å²) in [5.41, 5.74) is 0.551. The highest BCUT2D eigenvalue weighted by molar-refractivity contribution is 6.21. The molecule has 2 amide bonds. The van der Waals surface area contributed by atoms with Gasteiger partial charge in [0.05, 0.1) is 24.4 Å². The molecule has 0 aromatic carbocycles. The van der Waals surface area contributed by atoms with E-state index >= 15 is 0 Å². The molecule has 0 saturated carbocycles. The summed E-state index contributed by atoms with van der Waals surface area (Å²) in [4.78, 5) is 28.7. The molecule has 0 aromatic rings. The molecule has 0 spiro atoms. The van der Waals surface area contributed by atoms with E-state index in [2.05, 4.69) is 6.58 Å². The summed E-state index contributed by atoms with van der Waals surface area (Å²) < 4.78 is 4.78. The molecule has 0 saturated heterocycles. The largest absolute Gasteiger partial charge is 0.382 e. The number of hydrogen-bond donors (Lipinski definition) is 0. The molecule has 1 aliphatic rings. The van der Waals surface area contributed by atoms with Crippen molar-refractivity contribution in [3.8, 4) is 0 Å². The van der Waals surface area contributed by atoms with Crippen LogP contribution in [0, 0.1) is 0 Å². The van der Waals surface area contributed by atoms with E-state index in [9.17, 15) is 9.59 Å². The maximum atomic E-state index is 11.9. The molecule has 17 heavy (non-hydrogen) atoms. The van der Waals surface area contributed by atoms with Crippen molar-refractivity contribution in [3.05, 3.63) is 36.0 Å².